The van der Waals surface area contributed by atoms with Gasteiger partial charge in [-0.15, -0.1) is 0 Å². The van der Waals surface area contributed by atoms with Crippen LogP contribution in [-0.2, 0) is 4.74 Å². The van der Waals surface area contributed by atoms with E-state index in [9.17, 15) is 4.79 Å². The Labute approximate surface area is 113 Å². The molecule has 0 bridgehead atoms. The lowest BCUT2D eigenvalue weighted by Gasteiger charge is -2.20. The Hall–Kier alpha value is -1.55. The van der Waals surface area contributed by atoms with E-state index in [2.05, 4.69) is 22.2 Å². The molecular weight excluding hydrogens is 242 g/mol. The Bertz CT molecular complexity index is 450. The van der Waals surface area contributed by atoms with Gasteiger partial charge in [-0.05, 0) is 50.8 Å². The SMILES string of the molecule is COC(=O)c1ccc(C(C)NCC2CC=CCC2)o1. The van der Waals surface area contributed by atoms with E-state index in [4.69, 9.17) is 4.42 Å². The van der Waals surface area contributed by atoms with Crippen molar-refractivity contribution in [3.8, 4) is 0 Å². The Morgan fingerprint density at radius 1 is 1.53 bits per heavy atom. The number of carbonyl (C=O) groups is 1. The van der Waals surface area contributed by atoms with Gasteiger partial charge in [0.2, 0.25) is 5.76 Å². The molecule has 1 aliphatic carbocycles. The lowest BCUT2D eigenvalue weighted by atomic mass is 9.94. The van der Waals surface area contributed by atoms with Gasteiger partial charge >= 0.3 is 5.97 Å². The van der Waals surface area contributed by atoms with Crippen molar-refractivity contribution >= 4 is 5.97 Å². The highest BCUT2D eigenvalue weighted by atomic mass is 16.5. The van der Waals surface area contributed by atoms with Crippen LogP contribution in [0.1, 0.15) is 48.5 Å². The minimum Gasteiger partial charge on any atom is -0.463 e. The third-order valence-electron chi connectivity index (χ3n) is 3.53. The van der Waals surface area contributed by atoms with Gasteiger partial charge in [0.1, 0.15) is 5.76 Å². The lowest BCUT2D eigenvalue weighted by Crippen LogP contribution is -2.26. The summed E-state index contributed by atoms with van der Waals surface area (Å²) in [6, 6.07) is 3.58. The molecule has 2 atom stereocenters. The molecular formula is C15H21NO3. The van der Waals surface area contributed by atoms with Crippen molar-refractivity contribution in [3.05, 3.63) is 35.8 Å². The molecule has 4 nitrogen and oxygen atoms in total. The van der Waals surface area contributed by atoms with Crippen LogP contribution >= 0.6 is 0 Å². The van der Waals surface area contributed by atoms with Crippen LogP contribution in [0.25, 0.3) is 0 Å². The number of carbonyl (C=O) groups excluding carboxylic acids is 1. The molecule has 0 aromatic carbocycles. The van der Waals surface area contributed by atoms with Gasteiger partial charge in [0.05, 0.1) is 13.2 Å². The first-order chi connectivity index (χ1) is 9.20. The zero-order valence-electron chi connectivity index (χ0n) is 11.5. The fraction of sp³-hybridized carbons (Fsp3) is 0.533. The predicted octanol–water partition coefficient (Wildman–Crippen LogP) is 3.07. The summed E-state index contributed by atoms with van der Waals surface area (Å²) in [5, 5.41) is 3.46. The van der Waals surface area contributed by atoms with Crippen molar-refractivity contribution in [2.75, 3.05) is 13.7 Å². The van der Waals surface area contributed by atoms with Crippen LogP contribution in [0, 0.1) is 5.92 Å². The quantitative estimate of drug-likeness (QED) is 0.655. The van der Waals surface area contributed by atoms with Crippen molar-refractivity contribution in [2.24, 2.45) is 5.92 Å². The number of rotatable bonds is 5. The highest BCUT2D eigenvalue weighted by Gasteiger charge is 2.16. The van der Waals surface area contributed by atoms with Gasteiger partial charge in [-0.25, -0.2) is 4.79 Å². The second-order valence-corrected chi connectivity index (χ2v) is 4.97. The number of furan rings is 1. The van der Waals surface area contributed by atoms with Crippen LogP contribution in [0.3, 0.4) is 0 Å². The monoisotopic (exact) mass is 263 g/mol. The number of hydrogen-bond acceptors (Lipinski definition) is 4. The van der Waals surface area contributed by atoms with Gasteiger partial charge in [0.15, 0.2) is 0 Å². The van der Waals surface area contributed by atoms with Gasteiger partial charge < -0.3 is 14.5 Å². The summed E-state index contributed by atoms with van der Waals surface area (Å²) >= 11 is 0. The van der Waals surface area contributed by atoms with Crippen molar-refractivity contribution < 1.29 is 13.9 Å². The van der Waals surface area contributed by atoms with E-state index < -0.39 is 5.97 Å². The zero-order chi connectivity index (χ0) is 13.7. The van der Waals surface area contributed by atoms with Crippen LogP contribution in [0.4, 0.5) is 0 Å². The Kier molecular flexibility index (Phi) is 4.80. The molecule has 1 heterocycles. The Morgan fingerprint density at radius 3 is 3.05 bits per heavy atom. The van der Waals surface area contributed by atoms with Crippen LogP contribution in [0.5, 0.6) is 0 Å². The number of ether oxygens (including phenoxy) is 1. The van der Waals surface area contributed by atoms with Crippen molar-refractivity contribution in [3.63, 3.8) is 0 Å². The predicted molar refractivity (Wildman–Crippen MR) is 72.9 cm³/mol. The Balaban J connectivity index is 1.85. The lowest BCUT2D eigenvalue weighted by molar-refractivity contribution is 0.0562. The molecule has 0 saturated heterocycles. The minimum atomic E-state index is -0.434. The molecule has 19 heavy (non-hydrogen) atoms. The normalized spacial score (nSPS) is 20.2. The van der Waals surface area contributed by atoms with Gasteiger partial charge in [0, 0.05) is 0 Å². The molecule has 2 unspecified atom stereocenters. The van der Waals surface area contributed by atoms with E-state index in [0.29, 0.717) is 5.92 Å². The molecule has 104 valence electrons. The van der Waals surface area contributed by atoms with Crippen LogP contribution < -0.4 is 5.32 Å². The maximum Gasteiger partial charge on any atom is 0.373 e. The van der Waals surface area contributed by atoms with Crippen molar-refractivity contribution in [1.82, 2.24) is 5.32 Å². The number of allylic oxidation sites excluding steroid dienone is 2. The summed E-state index contributed by atoms with van der Waals surface area (Å²) in [7, 11) is 1.35. The van der Waals surface area contributed by atoms with Gasteiger partial charge in [0.25, 0.3) is 0 Å². The first kappa shape index (κ1) is 13.9. The number of nitrogens with one attached hydrogen (secondary N) is 1. The summed E-state index contributed by atoms with van der Waals surface area (Å²) in [6.07, 6.45) is 8.05. The number of esters is 1. The molecule has 4 heteroatoms. The molecule has 1 aromatic heterocycles. The van der Waals surface area contributed by atoms with E-state index in [1.54, 1.807) is 6.07 Å². The second kappa shape index (κ2) is 6.57. The molecule has 0 fully saturated rings. The van der Waals surface area contributed by atoms with Gasteiger partial charge in [-0.3, -0.25) is 0 Å². The smallest absolute Gasteiger partial charge is 0.373 e. The van der Waals surface area contributed by atoms with Crippen LogP contribution in [0.2, 0.25) is 0 Å². The summed E-state index contributed by atoms with van der Waals surface area (Å²) in [6.45, 7) is 3.01. The average Bonchev–Trinajstić information content (AvgIpc) is 2.95. The standard InChI is InChI=1S/C15H21NO3/c1-11(16-10-12-6-4-3-5-7-12)13-8-9-14(19-13)15(17)18-2/h3-4,8-9,11-12,16H,5-7,10H2,1-2H3. The van der Waals surface area contributed by atoms with Crippen LogP contribution in [-0.4, -0.2) is 19.6 Å². The molecule has 1 aliphatic rings. The topological polar surface area (TPSA) is 51.5 Å². The zero-order valence-corrected chi connectivity index (χ0v) is 11.5. The maximum absolute atomic E-state index is 11.3. The third kappa shape index (κ3) is 3.70. The summed E-state index contributed by atoms with van der Waals surface area (Å²) in [4.78, 5) is 11.3. The van der Waals surface area contributed by atoms with Gasteiger partial charge in [-0.2, -0.15) is 0 Å². The summed E-state index contributed by atoms with van der Waals surface area (Å²) < 4.78 is 10.1. The molecule has 1 N–H and O–H groups in total. The Morgan fingerprint density at radius 2 is 2.37 bits per heavy atom. The van der Waals surface area contributed by atoms with E-state index in [0.717, 1.165) is 18.7 Å². The largest absolute Gasteiger partial charge is 0.463 e. The summed E-state index contributed by atoms with van der Waals surface area (Å²) in [5.74, 6) is 1.29. The van der Waals surface area contributed by atoms with Crippen LogP contribution in [0.15, 0.2) is 28.7 Å². The highest BCUT2D eigenvalue weighted by Crippen LogP contribution is 2.20. The molecule has 2 rings (SSSR count). The molecule has 0 spiro atoms. The maximum atomic E-state index is 11.3. The highest BCUT2D eigenvalue weighted by molar-refractivity contribution is 5.86. The van der Waals surface area contributed by atoms with E-state index >= 15 is 0 Å². The molecule has 0 aliphatic heterocycles. The van der Waals surface area contributed by atoms with E-state index in [-0.39, 0.29) is 11.8 Å². The fourth-order valence-electron chi connectivity index (χ4n) is 2.28. The van der Waals surface area contributed by atoms with Crippen molar-refractivity contribution in [1.29, 1.82) is 0 Å². The van der Waals surface area contributed by atoms with E-state index in [1.165, 1.54) is 20.0 Å². The first-order valence-corrected chi connectivity index (χ1v) is 6.77. The average molecular weight is 263 g/mol. The molecule has 0 saturated carbocycles. The fourth-order valence-corrected chi connectivity index (χ4v) is 2.28. The molecule has 1 aromatic rings. The number of methoxy groups -OCH3 is 1. The number of hydrogen-bond donors (Lipinski definition) is 1. The minimum absolute atomic E-state index is 0.101. The third-order valence-corrected chi connectivity index (χ3v) is 3.53. The van der Waals surface area contributed by atoms with E-state index in [1.807, 2.05) is 13.0 Å². The summed E-state index contributed by atoms with van der Waals surface area (Å²) in [5.41, 5.74) is 0. The van der Waals surface area contributed by atoms with Crippen molar-refractivity contribution in [2.45, 2.75) is 32.2 Å². The van der Waals surface area contributed by atoms with Gasteiger partial charge in [-0.1, -0.05) is 12.2 Å². The molecule has 0 radical (unpaired) electrons. The molecule has 0 amide bonds. The first-order valence-electron chi connectivity index (χ1n) is 6.77. The second-order valence-electron chi connectivity index (χ2n) is 4.97.